The summed E-state index contributed by atoms with van der Waals surface area (Å²) in [6.07, 6.45) is 0. The van der Waals surface area contributed by atoms with Gasteiger partial charge in [0.1, 0.15) is 11.5 Å². The quantitative estimate of drug-likeness (QED) is 0.777. The molecule has 2 rings (SSSR count). The fourth-order valence-corrected chi connectivity index (χ4v) is 2.93. The Labute approximate surface area is 147 Å². The van der Waals surface area contributed by atoms with E-state index in [0.717, 1.165) is 5.56 Å². The van der Waals surface area contributed by atoms with Crippen molar-refractivity contribution in [3.05, 3.63) is 53.6 Å². The summed E-state index contributed by atoms with van der Waals surface area (Å²) in [5.41, 5.74) is 1.13. The normalized spacial score (nSPS) is 11.0. The first kappa shape index (κ1) is 18.8. The van der Waals surface area contributed by atoms with E-state index in [9.17, 15) is 13.2 Å². The zero-order chi connectivity index (χ0) is 18.4. The fourth-order valence-electron chi connectivity index (χ4n) is 2.20. The molecule has 25 heavy (non-hydrogen) atoms. The maximum atomic E-state index is 12.3. The van der Waals surface area contributed by atoms with E-state index in [0.29, 0.717) is 17.1 Å². The molecule has 1 amide bonds. The van der Waals surface area contributed by atoms with Crippen LogP contribution in [0.5, 0.6) is 11.5 Å². The highest BCUT2D eigenvalue weighted by atomic mass is 32.2. The lowest BCUT2D eigenvalue weighted by atomic mass is 10.1. The van der Waals surface area contributed by atoms with Gasteiger partial charge < -0.3 is 14.8 Å². The van der Waals surface area contributed by atoms with E-state index in [4.69, 9.17) is 9.47 Å². The van der Waals surface area contributed by atoms with Crippen LogP contribution in [0.2, 0.25) is 0 Å². The molecule has 2 aromatic carbocycles. The van der Waals surface area contributed by atoms with Gasteiger partial charge in [0, 0.05) is 17.7 Å². The largest absolute Gasteiger partial charge is 0.497 e. The minimum absolute atomic E-state index is 0.0982. The fraction of sp³-hybridized carbons (Fsp3) is 0.235. The van der Waals surface area contributed by atoms with Gasteiger partial charge in [0.05, 0.1) is 19.1 Å². The molecule has 0 saturated heterocycles. The molecular formula is C17H20N2O5S. The van der Waals surface area contributed by atoms with Crippen molar-refractivity contribution in [2.24, 2.45) is 0 Å². The molecule has 0 aliphatic carbocycles. The van der Waals surface area contributed by atoms with Crippen molar-refractivity contribution in [2.45, 2.75) is 11.4 Å². The van der Waals surface area contributed by atoms with E-state index in [1.807, 2.05) is 0 Å². The Morgan fingerprint density at radius 2 is 1.72 bits per heavy atom. The summed E-state index contributed by atoms with van der Waals surface area (Å²) in [6.45, 7) is 0.246. The van der Waals surface area contributed by atoms with E-state index in [-0.39, 0.29) is 17.3 Å². The van der Waals surface area contributed by atoms with Gasteiger partial charge in [-0.1, -0.05) is 0 Å². The number of sulfonamides is 1. The van der Waals surface area contributed by atoms with E-state index >= 15 is 0 Å². The average Bonchev–Trinajstić information content (AvgIpc) is 2.65. The minimum Gasteiger partial charge on any atom is -0.497 e. The second-order valence-electron chi connectivity index (χ2n) is 5.09. The highest BCUT2D eigenvalue weighted by Gasteiger charge is 2.13. The SMILES string of the molecule is CNS(=O)(=O)c1ccc(C(=O)NCc2cc(OC)ccc2OC)cc1. The van der Waals surface area contributed by atoms with E-state index < -0.39 is 10.0 Å². The van der Waals surface area contributed by atoms with Crippen molar-refractivity contribution < 1.29 is 22.7 Å². The Balaban J connectivity index is 2.10. The van der Waals surface area contributed by atoms with Gasteiger partial charge in [-0.2, -0.15) is 0 Å². The molecule has 0 unspecified atom stereocenters. The summed E-state index contributed by atoms with van der Waals surface area (Å²) in [4.78, 5) is 12.4. The van der Waals surface area contributed by atoms with Crippen LogP contribution in [0.3, 0.4) is 0 Å². The Kier molecular flexibility index (Phi) is 6.00. The molecule has 0 aromatic heterocycles. The van der Waals surface area contributed by atoms with Crippen molar-refractivity contribution in [1.82, 2.24) is 10.0 Å². The lowest BCUT2D eigenvalue weighted by Gasteiger charge is -2.11. The van der Waals surface area contributed by atoms with Gasteiger partial charge in [0.15, 0.2) is 0 Å². The monoisotopic (exact) mass is 364 g/mol. The van der Waals surface area contributed by atoms with Crippen LogP contribution < -0.4 is 19.5 Å². The number of rotatable bonds is 7. The summed E-state index contributed by atoms with van der Waals surface area (Å²) < 4.78 is 36.0. The van der Waals surface area contributed by atoms with Crippen LogP contribution in [-0.4, -0.2) is 35.6 Å². The molecule has 2 N–H and O–H groups in total. The third-order valence-electron chi connectivity index (χ3n) is 3.62. The lowest BCUT2D eigenvalue weighted by Crippen LogP contribution is -2.23. The molecule has 7 nitrogen and oxygen atoms in total. The number of ether oxygens (including phenoxy) is 2. The van der Waals surface area contributed by atoms with E-state index in [1.54, 1.807) is 32.4 Å². The summed E-state index contributed by atoms with van der Waals surface area (Å²) in [7, 11) is 0.916. The molecule has 0 aliphatic heterocycles. The van der Waals surface area contributed by atoms with E-state index in [2.05, 4.69) is 10.0 Å². The number of hydrogen-bond donors (Lipinski definition) is 2. The lowest BCUT2D eigenvalue weighted by molar-refractivity contribution is 0.0950. The molecule has 2 aromatic rings. The van der Waals surface area contributed by atoms with Gasteiger partial charge >= 0.3 is 0 Å². The number of nitrogens with one attached hydrogen (secondary N) is 2. The number of methoxy groups -OCH3 is 2. The second kappa shape index (κ2) is 8.00. The topological polar surface area (TPSA) is 93.7 Å². The molecular weight excluding hydrogens is 344 g/mol. The van der Waals surface area contributed by atoms with Crippen molar-refractivity contribution >= 4 is 15.9 Å². The van der Waals surface area contributed by atoms with Crippen LogP contribution in [0.1, 0.15) is 15.9 Å². The standard InChI is InChI=1S/C17H20N2O5S/c1-18-25(21,22)15-7-4-12(5-8-15)17(20)19-11-13-10-14(23-2)6-9-16(13)24-3/h4-10,18H,11H2,1-3H3,(H,19,20). The summed E-state index contributed by atoms with van der Waals surface area (Å²) in [5.74, 6) is 0.974. The van der Waals surface area contributed by atoms with Gasteiger partial charge in [-0.05, 0) is 49.5 Å². The number of carbonyl (C=O) groups excluding carboxylic acids is 1. The van der Waals surface area contributed by atoms with Crippen molar-refractivity contribution in [3.8, 4) is 11.5 Å². The Bertz CT molecular complexity index is 848. The number of benzene rings is 2. The van der Waals surface area contributed by atoms with Crippen molar-refractivity contribution in [2.75, 3.05) is 21.3 Å². The van der Waals surface area contributed by atoms with Gasteiger partial charge in [0.25, 0.3) is 5.91 Å². The third-order valence-corrected chi connectivity index (χ3v) is 5.05. The summed E-state index contributed by atoms with van der Waals surface area (Å²) >= 11 is 0. The Morgan fingerprint density at radius 3 is 2.28 bits per heavy atom. The number of carbonyl (C=O) groups is 1. The smallest absolute Gasteiger partial charge is 0.251 e. The Hall–Kier alpha value is -2.58. The molecule has 8 heteroatoms. The summed E-state index contributed by atoms with van der Waals surface area (Å²) in [5, 5.41) is 2.77. The first-order valence-electron chi connectivity index (χ1n) is 7.44. The second-order valence-corrected chi connectivity index (χ2v) is 6.98. The van der Waals surface area contributed by atoms with Crippen molar-refractivity contribution in [3.63, 3.8) is 0 Å². The molecule has 0 aliphatic rings. The number of amides is 1. The molecule has 134 valence electrons. The summed E-state index contributed by atoms with van der Waals surface area (Å²) in [6, 6.07) is 11.0. The highest BCUT2D eigenvalue weighted by molar-refractivity contribution is 7.89. The first-order chi connectivity index (χ1) is 11.9. The van der Waals surface area contributed by atoms with Gasteiger partial charge in [0.2, 0.25) is 10.0 Å². The highest BCUT2D eigenvalue weighted by Crippen LogP contribution is 2.23. The molecule has 0 fully saturated rings. The molecule has 0 bridgehead atoms. The van der Waals surface area contributed by atoms with Crippen LogP contribution in [0.25, 0.3) is 0 Å². The van der Waals surface area contributed by atoms with Gasteiger partial charge in [-0.3, -0.25) is 4.79 Å². The predicted octanol–water partition coefficient (Wildman–Crippen LogP) is 1.54. The first-order valence-corrected chi connectivity index (χ1v) is 8.92. The molecule has 0 heterocycles. The van der Waals surface area contributed by atoms with E-state index in [1.165, 1.54) is 31.3 Å². The van der Waals surface area contributed by atoms with Crippen LogP contribution in [-0.2, 0) is 16.6 Å². The predicted molar refractivity (Wildman–Crippen MR) is 93.4 cm³/mol. The third kappa shape index (κ3) is 4.49. The minimum atomic E-state index is -3.52. The molecule has 0 saturated carbocycles. The van der Waals surface area contributed by atoms with Crippen LogP contribution in [0.15, 0.2) is 47.4 Å². The maximum absolute atomic E-state index is 12.3. The maximum Gasteiger partial charge on any atom is 0.251 e. The zero-order valence-electron chi connectivity index (χ0n) is 14.2. The van der Waals surface area contributed by atoms with Gasteiger partial charge in [-0.15, -0.1) is 0 Å². The van der Waals surface area contributed by atoms with Crippen molar-refractivity contribution in [1.29, 1.82) is 0 Å². The average molecular weight is 364 g/mol. The molecule has 0 radical (unpaired) electrons. The zero-order valence-corrected chi connectivity index (χ0v) is 15.0. The Morgan fingerprint density at radius 1 is 1.04 bits per heavy atom. The molecule has 0 spiro atoms. The van der Waals surface area contributed by atoms with Crippen LogP contribution in [0, 0.1) is 0 Å². The van der Waals surface area contributed by atoms with Gasteiger partial charge in [-0.25, -0.2) is 13.1 Å². The molecule has 0 atom stereocenters. The van der Waals surface area contributed by atoms with Crippen LogP contribution >= 0.6 is 0 Å². The van der Waals surface area contributed by atoms with Crippen LogP contribution in [0.4, 0.5) is 0 Å². The number of hydrogen-bond acceptors (Lipinski definition) is 5.